The first kappa shape index (κ1) is 18.5. The second-order valence-corrected chi connectivity index (χ2v) is 6.54. The number of rotatable bonds is 7. The van der Waals surface area contributed by atoms with Crippen molar-refractivity contribution in [2.45, 2.75) is 13.0 Å². The van der Waals surface area contributed by atoms with E-state index in [1.54, 1.807) is 23.8 Å². The maximum absolute atomic E-state index is 12.0. The van der Waals surface area contributed by atoms with Crippen molar-refractivity contribution in [3.8, 4) is 0 Å². The van der Waals surface area contributed by atoms with E-state index in [2.05, 4.69) is 20.6 Å². The molecule has 0 radical (unpaired) electrons. The Morgan fingerprint density at radius 1 is 1.07 bits per heavy atom. The summed E-state index contributed by atoms with van der Waals surface area (Å²) in [5.74, 6) is -0.388. The summed E-state index contributed by atoms with van der Waals surface area (Å²) in [4.78, 5) is 32.2. The molecule has 2 amide bonds. The topological polar surface area (TPSA) is 84.0 Å². The van der Waals surface area contributed by atoms with Crippen LogP contribution >= 0.6 is 11.3 Å². The number of pyridine rings is 1. The summed E-state index contributed by atoms with van der Waals surface area (Å²) in [5.41, 5.74) is 2.54. The third-order valence-electron chi connectivity index (χ3n) is 3.59. The van der Waals surface area contributed by atoms with Crippen LogP contribution in [0.2, 0.25) is 0 Å². The lowest BCUT2D eigenvalue weighted by atomic mass is 10.2. The van der Waals surface area contributed by atoms with Crippen LogP contribution in [0, 0.1) is 0 Å². The maximum atomic E-state index is 12.0. The number of carbonyl (C=O) groups is 2. The molecular weight excluding hydrogens is 360 g/mol. The first-order valence-electron chi connectivity index (χ1n) is 8.33. The van der Waals surface area contributed by atoms with E-state index in [-0.39, 0.29) is 18.2 Å². The third kappa shape index (κ3) is 6.16. The smallest absolute Gasteiger partial charge is 0.250 e. The monoisotopic (exact) mass is 378 g/mol. The van der Waals surface area contributed by atoms with Gasteiger partial charge >= 0.3 is 0 Å². The van der Waals surface area contributed by atoms with Crippen LogP contribution < -0.4 is 10.6 Å². The number of anilines is 1. The molecule has 2 aromatic heterocycles. The minimum absolute atomic E-state index is 0.126. The molecule has 136 valence electrons. The van der Waals surface area contributed by atoms with Crippen LogP contribution in [0.25, 0.3) is 6.08 Å². The Balaban J connectivity index is 1.47. The minimum atomic E-state index is -0.262. The molecule has 2 heterocycles. The van der Waals surface area contributed by atoms with Gasteiger partial charge in [-0.25, -0.2) is 4.98 Å². The van der Waals surface area contributed by atoms with E-state index in [1.807, 2.05) is 42.5 Å². The van der Waals surface area contributed by atoms with Crippen molar-refractivity contribution in [1.82, 2.24) is 15.3 Å². The quantitative estimate of drug-likeness (QED) is 0.619. The fourth-order valence-electron chi connectivity index (χ4n) is 2.26. The Kier molecular flexibility index (Phi) is 6.43. The number of nitrogens with one attached hydrogen (secondary N) is 2. The van der Waals surface area contributed by atoms with Gasteiger partial charge in [0.15, 0.2) is 5.13 Å². The highest BCUT2D eigenvalue weighted by Crippen LogP contribution is 2.16. The van der Waals surface area contributed by atoms with Crippen molar-refractivity contribution >= 4 is 34.4 Å². The number of carbonyl (C=O) groups excluding carboxylic acids is 2. The van der Waals surface area contributed by atoms with Gasteiger partial charge in [-0.1, -0.05) is 30.3 Å². The van der Waals surface area contributed by atoms with Gasteiger partial charge in [0.25, 0.3) is 0 Å². The lowest BCUT2D eigenvalue weighted by Gasteiger charge is -2.03. The molecule has 6 nitrogen and oxygen atoms in total. The normalized spacial score (nSPS) is 10.7. The molecule has 0 saturated heterocycles. The molecule has 0 aliphatic heterocycles. The average Bonchev–Trinajstić information content (AvgIpc) is 3.13. The highest BCUT2D eigenvalue weighted by Gasteiger charge is 2.09. The molecule has 2 N–H and O–H groups in total. The van der Waals surface area contributed by atoms with E-state index in [9.17, 15) is 9.59 Å². The van der Waals surface area contributed by atoms with E-state index in [0.717, 1.165) is 11.1 Å². The fraction of sp³-hybridized carbons (Fsp3) is 0.100. The van der Waals surface area contributed by atoms with Crippen molar-refractivity contribution in [1.29, 1.82) is 0 Å². The van der Waals surface area contributed by atoms with Gasteiger partial charge in [0, 0.05) is 30.4 Å². The number of amides is 2. The Hall–Kier alpha value is -3.32. The number of thiazole rings is 1. The van der Waals surface area contributed by atoms with Gasteiger partial charge in [-0.15, -0.1) is 11.3 Å². The molecule has 0 bridgehead atoms. The molecular formula is C20H18N4O2S. The van der Waals surface area contributed by atoms with Gasteiger partial charge in [-0.3, -0.25) is 19.9 Å². The summed E-state index contributed by atoms with van der Waals surface area (Å²) in [6.07, 6.45) is 6.72. The van der Waals surface area contributed by atoms with Crippen LogP contribution in [-0.4, -0.2) is 21.8 Å². The highest BCUT2D eigenvalue weighted by molar-refractivity contribution is 7.14. The first-order chi connectivity index (χ1) is 13.2. The van der Waals surface area contributed by atoms with E-state index in [1.165, 1.54) is 17.4 Å². The van der Waals surface area contributed by atoms with Gasteiger partial charge in [-0.2, -0.15) is 0 Å². The zero-order valence-corrected chi connectivity index (χ0v) is 15.3. The molecule has 0 unspecified atom stereocenters. The highest BCUT2D eigenvalue weighted by atomic mass is 32.1. The first-order valence-corrected chi connectivity index (χ1v) is 9.21. The fourth-order valence-corrected chi connectivity index (χ4v) is 2.97. The molecule has 0 spiro atoms. The van der Waals surface area contributed by atoms with Crippen LogP contribution in [0.4, 0.5) is 5.13 Å². The van der Waals surface area contributed by atoms with Gasteiger partial charge in [0.2, 0.25) is 11.8 Å². The Morgan fingerprint density at radius 3 is 2.63 bits per heavy atom. The SMILES string of the molecule is O=C(/C=C/c1ccccc1)Nc1nc(CC(=O)NCc2ccncc2)cs1. The molecule has 0 atom stereocenters. The van der Waals surface area contributed by atoms with Crippen molar-refractivity contribution in [2.75, 3.05) is 5.32 Å². The molecule has 3 aromatic rings. The molecule has 1 aromatic carbocycles. The number of aromatic nitrogens is 2. The lowest BCUT2D eigenvalue weighted by molar-refractivity contribution is -0.120. The third-order valence-corrected chi connectivity index (χ3v) is 4.40. The average molecular weight is 378 g/mol. The standard InChI is InChI=1S/C20H18N4O2S/c25-18(7-6-15-4-2-1-3-5-15)24-20-23-17(14-27-20)12-19(26)22-13-16-8-10-21-11-9-16/h1-11,14H,12-13H2,(H,22,26)(H,23,24,25)/b7-6+. The number of hydrogen-bond acceptors (Lipinski definition) is 5. The molecule has 3 rings (SSSR count). The summed E-state index contributed by atoms with van der Waals surface area (Å²) >= 11 is 1.29. The van der Waals surface area contributed by atoms with Crippen LogP contribution in [0.1, 0.15) is 16.8 Å². The van der Waals surface area contributed by atoms with Crippen molar-refractivity contribution in [3.63, 3.8) is 0 Å². The van der Waals surface area contributed by atoms with Gasteiger partial charge in [0.1, 0.15) is 0 Å². The van der Waals surface area contributed by atoms with Gasteiger partial charge in [-0.05, 0) is 29.3 Å². The minimum Gasteiger partial charge on any atom is -0.352 e. The molecule has 0 aliphatic rings. The van der Waals surface area contributed by atoms with Crippen molar-refractivity contribution in [2.24, 2.45) is 0 Å². The predicted octanol–water partition coefficient (Wildman–Crippen LogP) is 3.05. The molecule has 7 heteroatoms. The molecule has 0 aliphatic carbocycles. The predicted molar refractivity (Wildman–Crippen MR) is 106 cm³/mol. The Labute approximate surface area is 161 Å². The molecule has 0 saturated carbocycles. The number of hydrogen-bond donors (Lipinski definition) is 2. The van der Waals surface area contributed by atoms with Crippen LogP contribution in [0.3, 0.4) is 0 Å². The zero-order chi connectivity index (χ0) is 18.9. The summed E-state index contributed by atoms with van der Waals surface area (Å²) in [6, 6.07) is 13.3. The number of benzene rings is 1. The van der Waals surface area contributed by atoms with Crippen LogP contribution in [0.5, 0.6) is 0 Å². The largest absolute Gasteiger partial charge is 0.352 e. The summed E-state index contributed by atoms with van der Waals surface area (Å²) in [5, 5.41) is 7.78. The van der Waals surface area contributed by atoms with Gasteiger partial charge < -0.3 is 5.32 Å². The van der Waals surface area contributed by atoms with Gasteiger partial charge in [0.05, 0.1) is 12.1 Å². The van der Waals surface area contributed by atoms with E-state index >= 15 is 0 Å². The van der Waals surface area contributed by atoms with Crippen molar-refractivity contribution in [3.05, 3.63) is 83.1 Å². The second kappa shape index (κ2) is 9.40. The summed E-state index contributed by atoms with van der Waals surface area (Å²) in [7, 11) is 0. The van der Waals surface area contributed by atoms with Crippen molar-refractivity contribution < 1.29 is 9.59 Å². The lowest BCUT2D eigenvalue weighted by Crippen LogP contribution is -2.24. The van der Waals surface area contributed by atoms with E-state index < -0.39 is 0 Å². The summed E-state index contributed by atoms with van der Waals surface area (Å²) < 4.78 is 0. The zero-order valence-electron chi connectivity index (χ0n) is 14.5. The Morgan fingerprint density at radius 2 is 1.85 bits per heavy atom. The second-order valence-electron chi connectivity index (χ2n) is 5.69. The van der Waals surface area contributed by atoms with Crippen LogP contribution in [0.15, 0.2) is 66.3 Å². The Bertz CT molecular complexity index is 923. The van der Waals surface area contributed by atoms with E-state index in [0.29, 0.717) is 17.4 Å². The summed E-state index contributed by atoms with van der Waals surface area (Å²) in [6.45, 7) is 0.444. The molecule has 27 heavy (non-hydrogen) atoms. The maximum Gasteiger partial charge on any atom is 0.250 e. The number of nitrogens with zero attached hydrogens (tertiary/aromatic N) is 2. The van der Waals surface area contributed by atoms with Crippen LogP contribution in [-0.2, 0) is 22.6 Å². The molecule has 0 fully saturated rings. The van der Waals surface area contributed by atoms with E-state index in [4.69, 9.17) is 0 Å².